The zero-order valence-corrected chi connectivity index (χ0v) is 20.3. The number of nitrogens with one attached hydrogen (secondary N) is 1. The molecule has 0 aromatic heterocycles. The minimum Gasteiger partial charge on any atom is -0.347 e. The Morgan fingerprint density at radius 1 is 1.08 bits per heavy atom. The molecule has 8 nitrogen and oxygen atoms in total. The number of hydrogen-bond acceptors (Lipinski definition) is 6. The van der Waals surface area contributed by atoms with Gasteiger partial charge in [0.1, 0.15) is 16.7 Å². The first-order valence-electron chi connectivity index (χ1n) is 10.8. The second kappa shape index (κ2) is 11.1. The van der Waals surface area contributed by atoms with Crippen molar-refractivity contribution in [2.24, 2.45) is 0 Å². The third-order valence-corrected chi connectivity index (χ3v) is 6.94. The van der Waals surface area contributed by atoms with Crippen LogP contribution in [0.2, 0.25) is 5.02 Å². The van der Waals surface area contributed by atoms with Crippen LogP contribution in [0.4, 0.5) is 11.4 Å². The van der Waals surface area contributed by atoms with Crippen molar-refractivity contribution < 1.29 is 14.5 Å². The Labute approximate surface area is 216 Å². The number of benzene rings is 3. The van der Waals surface area contributed by atoms with Crippen LogP contribution in [0, 0.1) is 21.4 Å². The van der Waals surface area contributed by atoms with E-state index in [1.165, 1.54) is 17.0 Å². The molecule has 180 valence electrons. The summed E-state index contributed by atoms with van der Waals surface area (Å²) in [5.74, 6) is -0.945. The monoisotopic (exact) mass is 518 g/mol. The van der Waals surface area contributed by atoms with Crippen LogP contribution in [0.25, 0.3) is 0 Å². The Kier molecular flexibility index (Phi) is 7.68. The molecule has 10 heteroatoms. The van der Waals surface area contributed by atoms with Crippen LogP contribution in [0.15, 0.2) is 89.5 Å². The molecule has 1 atom stereocenters. The van der Waals surface area contributed by atoms with Crippen molar-refractivity contribution in [2.45, 2.75) is 18.2 Å². The molecule has 1 aliphatic rings. The number of thioether (sulfide) groups is 1. The Morgan fingerprint density at radius 3 is 2.44 bits per heavy atom. The van der Waals surface area contributed by atoms with Crippen LogP contribution in [0.5, 0.6) is 0 Å². The summed E-state index contributed by atoms with van der Waals surface area (Å²) in [5.41, 5.74) is 1.64. The Balaban J connectivity index is 1.67. The number of nitriles is 1. The summed E-state index contributed by atoms with van der Waals surface area (Å²) in [4.78, 5) is 38.5. The van der Waals surface area contributed by atoms with Gasteiger partial charge in [-0.1, -0.05) is 65.8 Å². The first-order chi connectivity index (χ1) is 17.4. The van der Waals surface area contributed by atoms with Crippen LogP contribution < -0.4 is 10.2 Å². The van der Waals surface area contributed by atoms with Crippen LogP contribution in [-0.4, -0.2) is 22.0 Å². The zero-order valence-electron chi connectivity index (χ0n) is 18.8. The van der Waals surface area contributed by atoms with E-state index in [0.717, 1.165) is 17.3 Å². The molecule has 3 aromatic carbocycles. The summed E-state index contributed by atoms with van der Waals surface area (Å²) in [5, 5.41) is 23.8. The number of carbonyl (C=O) groups excluding carboxylic acids is 2. The second-order valence-corrected chi connectivity index (χ2v) is 9.48. The molecule has 0 aliphatic carbocycles. The highest BCUT2D eigenvalue weighted by Crippen LogP contribution is 2.42. The fourth-order valence-electron chi connectivity index (χ4n) is 3.69. The van der Waals surface area contributed by atoms with Gasteiger partial charge in [-0.3, -0.25) is 24.6 Å². The summed E-state index contributed by atoms with van der Waals surface area (Å²) in [6, 6.07) is 23.8. The van der Waals surface area contributed by atoms with E-state index < -0.39 is 16.1 Å². The molecule has 1 heterocycles. The van der Waals surface area contributed by atoms with Crippen molar-refractivity contribution in [3.8, 4) is 6.07 Å². The van der Waals surface area contributed by atoms with E-state index in [0.29, 0.717) is 16.3 Å². The van der Waals surface area contributed by atoms with Gasteiger partial charge >= 0.3 is 0 Å². The van der Waals surface area contributed by atoms with Gasteiger partial charge in [-0.25, -0.2) is 0 Å². The van der Waals surface area contributed by atoms with E-state index in [1.807, 2.05) is 36.4 Å². The summed E-state index contributed by atoms with van der Waals surface area (Å²) in [6.07, 6.45) is 0.184. The van der Waals surface area contributed by atoms with Gasteiger partial charge in [0.25, 0.3) is 11.6 Å². The quantitative estimate of drug-likeness (QED) is 0.204. The molecule has 3 aromatic rings. The smallest absolute Gasteiger partial charge is 0.269 e. The number of halogens is 1. The maximum Gasteiger partial charge on any atom is 0.269 e. The number of nitro groups is 1. The molecule has 1 aliphatic heterocycles. The Bertz CT molecular complexity index is 1390. The molecule has 2 amide bonds. The first kappa shape index (κ1) is 25.0. The van der Waals surface area contributed by atoms with Gasteiger partial charge in [0.15, 0.2) is 0 Å². The largest absolute Gasteiger partial charge is 0.347 e. The van der Waals surface area contributed by atoms with Gasteiger partial charge in [-0.05, 0) is 41.8 Å². The van der Waals surface area contributed by atoms with Gasteiger partial charge in [0, 0.05) is 29.4 Å². The molecular weight excluding hydrogens is 500 g/mol. The Hall–Kier alpha value is -4.13. The van der Waals surface area contributed by atoms with E-state index in [9.17, 15) is 25.0 Å². The molecule has 0 saturated carbocycles. The third kappa shape index (κ3) is 5.57. The summed E-state index contributed by atoms with van der Waals surface area (Å²) in [6.45, 7) is 0.217. The fraction of sp³-hybridized carbons (Fsp3) is 0.115. The van der Waals surface area contributed by atoms with Crippen molar-refractivity contribution in [2.75, 3.05) is 4.90 Å². The number of hydrogen-bond donors (Lipinski definition) is 1. The maximum atomic E-state index is 13.5. The SMILES string of the molecule is N#C/C(C(=O)NCc1ccccc1)=C1/S[C@@H](Cc2cccc([N+](=O)[O-])c2)C(=O)N1c1ccc(Cl)cc1. The van der Waals surface area contributed by atoms with Gasteiger partial charge in [0.2, 0.25) is 5.91 Å². The summed E-state index contributed by atoms with van der Waals surface area (Å²) in [7, 11) is 0. The fourth-order valence-corrected chi connectivity index (χ4v) is 5.12. The normalized spacial score (nSPS) is 16.4. The molecule has 0 spiro atoms. The lowest BCUT2D eigenvalue weighted by Crippen LogP contribution is -2.32. The number of nitrogens with zero attached hydrogens (tertiary/aromatic N) is 3. The lowest BCUT2D eigenvalue weighted by Gasteiger charge is -2.19. The molecule has 1 saturated heterocycles. The predicted molar refractivity (Wildman–Crippen MR) is 138 cm³/mol. The molecule has 4 rings (SSSR count). The summed E-state index contributed by atoms with van der Waals surface area (Å²) < 4.78 is 0. The predicted octanol–water partition coefficient (Wildman–Crippen LogP) is 4.99. The minimum atomic E-state index is -0.692. The topological polar surface area (TPSA) is 116 Å². The van der Waals surface area contributed by atoms with Gasteiger partial charge in [0.05, 0.1) is 10.2 Å². The van der Waals surface area contributed by atoms with E-state index >= 15 is 0 Å². The minimum absolute atomic E-state index is 0.0775. The van der Waals surface area contributed by atoms with Gasteiger partial charge < -0.3 is 5.32 Å². The molecule has 1 N–H and O–H groups in total. The zero-order chi connectivity index (χ0) is 25.7. The molecular formula is C26H19ClN4O4S. The average molecular weight is 519 g/mol. The van der Waals surface area contributed by atoms with Crippen molar-refractivity contribution in [3.63, 3.8) is 0 Å². The van der Waals surface area contributed by atoms with Crippen LogP contribution >= 0.6 is 23.4 Å². The number of non-ortho nitro benzene ring substituents is 1. The van der Waals surface area contributed by atoms with Crippen molar-refractivity contribution in [1.29, 1.82) is 5.26 Å². The second-order valence-electron chi connectivity index (χ2n) is 7.85. The lowest BCUT2D eigenvalue weighted by molar-refractivity contribution is -0.384. The average Bonchev–Trinajstić information content (AvgIpc) is 3.19. The highest BCUT2D eigenvalue weighted by Gasteiger charge is 2.41. The number of carbonyl (C=O) groups is 2. The number of nitro benzene ring substituents is 1. The molecule has 0 unspecified atom stereocenters. The molecule has 0 radical (unpaired) electrons. The van der Waals surface area contributed by atoms with Gasteiger partial charge in [-0.15, -0.1) is 0 Å². The van der Waals surface area contributed by atoms with Crippen molar-refractivity contribution in [3.05, 3.63) is 116 Å². The molecule has 0 bridgehead atoms. The maximum absolute atomic E-state index is 13.5. The molecule has 1 fully saturated rings. The highest BCUT2D eigenvalue weighted by molar-refractivity contribution is 8.05. The van der Waals surface area contributed by atoms with Crippen LogP contribution in [0.3, 0.4) is 0 Å². The number of amides is 2. The summed E-state index contributed by atoms with van der Waals surface area (Å²) >= 11 is 7.10. The molecule has 36 heavy (non-hydrogen) atoms. The number of anilines is 1. The van der Waals surface area contributed by atoms with Crippen molar-refractivity contribution >= 4 is 46.6 Å². The lowest BCUT2D eigenvalue weighted by atomic mass is 10.1. The number of rotatable bonds is 7. The highest BCUT2D eigenvalue weighted by atomic mass is 35.5. The van der Waals surface area contributed by atoms with E-state index in [4.69, 9.17) is 11.6 Å². The van der Waals surface area contributed by atoms with E-state index in [-0.39, 0.29) is 35.2 Å². The van der Waals surface area contributed by atoms with Crippen LogP contribution in [0.1, 0.15) is 11.1 Å². The van der Waals surface area contributed by atoms with Gasteiger partial charge in [-0.2, -0.15) is 5.26 Å². The first-order valence-corrected chi connectivity index (χ1v) is 12.1. The van der Waals surface area contributed by atoms with Crippen LogP contribution in [-0.2, 0) is 22.6 Å². The van der Waals surface area contributed by atoms with Crippen molar-refractivity contribution in [1.82, 2.24) is 5.32 Å². The standard InChI is InChI=1S/C26H19ClN4O4S/c27-19-9-11-20(12-10-19)30-25(33)23(14-18-7-4-8-21(13-18)31(34)35)36-26(30)22(15-28)24(32)29-16-17-5-2-1-3-6-17/h1-13,23H,14,16H2,(H,29,32)/b26-22-/t23-/m0/s1. The van der Waals surface area contributed by atoms with E-state index in [2.05, 4.69) is 5.32 Å². The third-order valence-electron chi connectivity index (χ3n) is 5.43. The Morgan fingerprint density at radius 2 is 1.78 bits per heavy atom. The van der Waals surface area contributed by atoms with E-state index in [1.54, 1.807) is 36.4 Å².